The van der Waals surface area contributed by atoms with Crippen LogP contribution in [0.3, 0.4) is 0 Å². The maximum absolute atomic E-state index is 2.44. The average molecular weight is 305 g/mol. The van der Waals surface area contributed by atoms with E-state index in [2.05, 4.69) is 40.2 Å². The molecule has 0 bridgehead atoms. The molecule has 1 aliphatic rings. The van der Waals surface area contributed by atoms with E-state index in [-0.39, 0.29) is 0 Å². The van der Waals surface area contributed by atoms with Gasteiger partial charge in [-0.15, -0.1) is 0 Å². The molecule has 0 aliphatic heterocycles. The molecule has 1 rings (SSSR count). The minimum atomic E-state index is -1.29. The van der Waals surface area contributed by atoms with Crippen molar-refractivity contribution in [2.45, 2.75) is 20.2 Å². The van der Waals surface area contributed by atoms with E-state index in [1.165, 1.54) is 0 Å². The standard InChI is InChI=1S/C5H5.3CH3.Pt/c1-2-4-5-3-1;;;;/h1-5H;3*1H3;. The van der Waals surface area contributed by atoms with Crippen molar-refractivity contribution in [1.29, 1.82) is 0 Å². The van der Waals surface area contributed by atoms with E-state index in [0.29, 0.717) is 0 Å². The van der Waals surface area contributed by atoms with Gasteiger partial charge in [0.25, 0.3) is 0 Å². The number of rotatable bonds is 1. The Hall–Kier alpha value is 0.168. The molecular weight excluding hydrogens is 291 g/mol. The molecule has 0 nitrogen and oxygen atoms in total. The second kappa shape index (κ2) is 2.42. The number of hydrogen-bond acceptors (Lipinski definition) is 0. The van der Waals surface area contributed by atoms with Gasteiger partial charge in [-0.2, -0.15) is 0 Å². The number of allylic oxidation sites excluding steroid dienone is 4. The Bertz CT molecular complexity index is 136. The fourth-order valence-corrected chi connectivity index (χ4v) is 3.88. The third kappa shape index (κ3) is 1.79. The van der Waals surface area contributed by atoms with Crippen molar-refractivity contribution in [2.75, 3.05) is 0 Å². The summed E-state index contributed by atoms with van der Waals surface area (Å²) in [5, 5.41) is 7.33. The second-order valence-electron chi connectivity index (χ2n) is 2.67. The van der Waals surface area contributed by atoms with Crippen molar-refractivity contribution in [2.24, 2.45) is 0 Å². The molecule has 0 N–H and O–H groups in total. The fourth-order valence-electron chi connectivity index (χ4n) is 0.756. The summed E-state index contributed by atoms with van der Waals surface area (Å²) in [5.74, 6) is 0. The molecule has 1 heteroatoms. The van der Waals surface area contributed by atoms with Gasteiger partial charge in [-0.3, -0.25) is 0 Å². The molecule has 0 unspecified atom stereocenters. The van der Waals surface area contributed by atoms with E-state index in [1.807, 2.05) is 0 Å². The molecule has 0 aromatic carbocycles. The van der Waals surface area contributed by atoms with Crippen LogP contribution in [0.1, 0.15) is 0 Å². The maximum atomic E-state index is 2.44. The molecule has 0 heterocycles. The Labute approximate surface area is 60.9 Å². The molecule has 0 spiro atoms. The zero-order valence-corrected chi connectivity index (χ0v) is 8.48. The minimum absolute atomic E-state index is 0.831. The van der Waals surface area contributed by atoms with E-state index in [4.69, 9.17) is 0 Å². The summed E-state index contributed by atoms with van der Waals surface area (Å²) >= 11 is -1.29. The predicted molar refractivity (Wildman–Crippen MR) is 39.6 cm³/mol. The van der Waals surface area contributed by atoms with Crippen LogP contribution >= 0.6 is 0 Å². The van der Waals surface area contributed by atoms with E-state index in [9.17, 15) is 0 Å². The van der Waals surface area contributed by atoms with Gasteiger partial charge >= 0.3 is 60.6 Å². The van der Waals surface area contributed by atoms with Gasteiger partial charge in [0.15, 0.2) is 0 Å². The normalized spacial score (nSPS) is 21.2. The molecule has 56 valence electrons. The Morgan fingerprint density at radius 1 is 1.00 bits per heavy atom. The molecule has 0 radical (unpaired) electrons. The molecule has 0 amide bonds. The van der Waals surface area contributed by atoms with Gasteiger partial charge in [-0.05, 0) is 0 Å². The Morgan fingerprint density at radius 2 is 1.44 bits per heavy atom. The topological polar surface area (TPSA) is 0 Å². The van der Waals surface area contributed by atoms with Crippen molar-refractivity contribution >= 4 is 0 Å². The van der Waals surface area contributed by atoms with Gasteiger partial charge < -0.3 is 0 Å². The van der Waals surface area contributed by atoms with E-state index >= 15 is 0 Å². The first-order valence-corrected chi connectivity index (χ1v) is 10.9. The molecule has 1 aliphatic carbocycles. The predicted octanol–water partition coefficient (Wildman–Crippen LogP) is 3.20. The van der Waals surface area contributed by atoms with Crippen LogP contribution in [0.4, 0.5) is 0 Å². The van der Waals surface area contributed by atoms with Gasteiger partial charge in [0.2, 0.25) is 0 Å². The van der Waals surface area contributed by atoms with E-state index < -0.39 is 16.1 Å². The first-order chi connectivity index (χ1) is 4.11. The van der Waals surface area contributed by atoms with Crippen LogP contribution in [-0.4, -0.2) is 0 Å². The van der Waals surface area contributed by atoms with Crippen LogP contribution in [0.5, 0.6) is 0 Å². The number of hydrogen-bond donors (Lipinski definition) is 0. The summed E-state index contributed by atoms with van der Waals surface area (Å²) in [6.45, 7) is 0. The van der Waals surface area contributed by atoms with Crippen molar-refractivity contribution in [3.05, 3.63) is 24.3 Å². The van der Waals surface area contributed by atoms with Crippen LogP contribution in [0.25, 0.3) is 0 Å². The fraction of sp³-hybridized carbons (Fsp3) is 0.500. The summed E-state index contributed by atoms with van der Waals surface area (Å²) in [6.07, 6.45) is 8.99. The third-order valence-corrected chi connectivity index (χ3v) is 6.73. The van der Waals surface area contributed by atoms with Crippen molar-refractivity contribution in [3.8, 4) is 0 Å². The molecule has 0 aromatic heterocycles. The van der Waals surface area contributed by atoms with Crippen LogP contribution in [0.2, 0.25) is 20.2 Å². The summed E-state index contributed by atoms with van der Waals surface area (Å²) in [4.78, 5) is 0. The van der Waals surface area contributed by atoms with E-state index in [1.54, 1.807) is 0 Å². The van der Waals surface area contributed by atoms with Crippen molar-refractivity contribution in [3.63, 3.8) is 0 Å². The van der Waals surface area contributed by atoms with Crippen molar-refractivity contribution < 1.29 is 16.1 Å². The monoisotopic (exact) mass is 305 g/mol. The summed E-state index contributed by atoms with van der Waals surface area (Å²) in [7, 11) is 0. The molecule has 0 saturated heterocycles. The van der Waals surface area contributed by atoms with Gasteiger partial charge in [-0.1, -0.05) is 0 Å². The Balaban J connectivity index is 2.64. The van der Waals surface area contributed by atoms with Gasteiger partial charge in [-0.25, -0.2) is 0 Å². The van der Waals surface area contributed by atoms with Crippen LogP contribution in [0.15, 0.2) is 24.3 Å². The third-order valence-electron chi connectivity index (χ3n) is 1.31. The zero-order chi connectivity index (χ0) is 6.91. The van der Waals surface area contributed by atoms with Crippen molar-refractivity contribution in [1.82, 2.24) is 0 Å². The van der Waals surface area contributed by atoms with Crippen LogP contribution < -0.4 is 0 Å². The zero-order valence-electron chi connectivity index (χ0n) is 6.20. The second-order valence-corrected chi connectivity index (χ2v) is 14.9. The van der Waals surface area contributed by atoms with Crippen LogP contribution in [-0.2, 0) is 16.1 Å². The van der Waals surface area contributed by atoms with Gasteiger partial charge in [0, 0.05) is 0 Å². The molecule has 0 saturated carbocycles. The quantitative estimate of drug-likeness (QED) is 0.698. The summed E-state index contributed by atoms with van der Waals surface area (Å²) in [5.41, 5.74) is 0. The van der Waals surface area contributed by atoms with Gasteiger partial charge in [0.05, 0.1) is 0 Å². The molecule has 0 atom stereocenters. The molecular formula is C8H14Pt. The van der Waals surface area contributed by atoms with Gasteiger partial charge in [0.1, 0.15) is 0 Å². The Kier molecular flexibility index (Phi) is 1.96. The summed E-state index contributed by atoms with van der Waals surface area (Å²) < 4.78 is 0.831. The van der Waals surface area contributed by atoms with Crippen LogP contribution in [0, 0.1) is 0 Å². The SMILES string of the molecule is [CH3][Pt]([CH3])([CH3])[CH]1C=CC=C1. The first-order valence-electron chi connectivity index (χ1n) is 2.80. The Morgan fingerprint density at radius 3 is 1.67 bits per heavy atom. The summed E-state index contributed by atoms with van der Waals surface area (Å²) in [6, 6.07) is 0. The molecule has 9 heavy (non-hydrogen) atoms. The molecule has 0 aromatic rings. The average Bonchev–Trinajstić information content (AvgIpc) is 2.08. The first kappa shape index (κ1) is 7.28. The molecule has 0 fully saturated rings. The van der Waals surface area contributed by atoms with E-state index in [0.717, 1.165) is 4.31 Å².